The van der Waals surface area contributed by atoms with Gasteiger partial charge in [-0.1, -0.05) is 18.5 Å². The van der Waals surface area contributed by atoms with Gasteiger partial charge in [-0.3, -0.25) is 0 Å². The molecule has 1 atom stereocenters. The van der Waals surface area contributed by atoms with Gasteiger partial charge in [0.2, 0.25) is 10.0 Å². The molecule has 0 aliphatic rings. The van der Waals surface area contributed by atoms with Crippen molar-refractivity contribution < 1.29 is 13.2 Å². The first-order chi connectivity index (χ1) is 8.81. The van der Waals surface area contributed by atoms with Crippen molar-refractivity contribution in [3.63, 3.8) is 0 Å². The van der Waals surface area contributed by atoms with Crippen LogP contribution >= 0.6 is 11.6 Å². The summed E-state index contributed by atoms with van der Waals surface area (Å²) in [7, 11) is -2.10. The van der Waals surface area contributed by atoms with E-state index in [4.69, 9.17) is 22.1 Å². The molecule has 0 spiro atoms. The van der Waals surface area contributed by atoms with Crippen LogP contribution in [0.1, 0.15) is 18.9 Å². The van der Waals surface area contributed by atoms with Gasteiger partial charge in [0.05, 0.1) is 22.2 Å². The maximum absolute atomic E-state index is 12.3. The summed E-state index contributed by atoms with van der Waals surface area (Å²) in [5.41, 5.74) is 6.46. The van der Waals surface area contributed by atoms with Gasteiger partial charge in [0.25, 0.3) is 0 Å². The lowest BCUT2D eigenvalue weighted by atomic mass is 10.2. The number of aryl methyl sites for hydroxylation is 1. The first-order valence-corrected chi connectivity index (χ1v) is 7.74. The SMILES string of the molecule is CCC(COC)NS(=O)(=O)c1cc(N)c(Cl)cc1C. The summed E-state index contributed by atoms with van der Waals surface area (Å²) in [5, 5.41) is 0.348. The molecule has 0 saturated heterocycles. The number of anilines is 1. The van der Waals surface area contributed by atoms with Gasteiger partial charge in [0.1, 0.15) is 0 Å². The van der Waals surface area contributed by atoms with Crippen LogP contribution in [0.25, 0.3) is 0 Å². The molecule has 0 radical (unpaired) electrons. The van der Waals surface area contributed by atoms with Gasteiger partial charge in [-0.05, 0) is 31.0 Å². The highest BCUT2D eigenvalue weighted by molar-refractivity contribution is 7.89. The van der Waals surface area contributed by atoms with E-state index in [1.54, 1.807) is 13.0 Å². The molecule has 0 saturated carbocycles. The number of nitrogen functional groups attached to an aromatic ring is 1. The first-order valence-electron chi connectivity index (χ1n) is 5.88. The first kappa shape index (κ1) is 16.2. The van der Waals surface area contributed by atoms with Crippen LogP contribution in [0.3, 0.4) is 0 Å². The van der Waals surface area contributed by atoms with E-state index in [1.165, 1.54) is 13.2 Å². The van der Waals surface area contributed by atoms with Gasteiger partial charge in [-0.2, -0.15) is 0 Å². The second-order valence-corrected chi connectivity index (χ2v) is 6.41. The Bertz CT molecular complexity index is 546. The molecule has 0 fully saturated rings. The van der Waals surface area contributed by atoms with E-state index in [0.29, 0.717) is 23.6 Å². The van der Waals surface area contributed by atoms with Crippen molar-refractivity contribution in [2.45, 2.75) is 31.2 Å². The Kier molecular flexibility index (Phi) is 5.61. The molecule has 7 heteroatoms. The number of sulfonamides is 1. The van der Waals surface area contributed by atoms with Crippen molar-refractivity contribution in [2.24, 2.45) is 0 Å². The zero-order chi connectivity index (χ0) is 14.6. The largest absolute Gasteiger partial charge is 0.397 e. The van der Waals surface area contributed by atoms with E-state index in [9.17, 15) is 8.42 Å². The molecule has 0 bridgehead atoms. The highest BCUT2D eigenvalue weighted by Gasteiger charge is 2.21. The van der Waals surface area contributed by atoms with E-state index in [2.05, 4.69) is 4.72 Å². The predicted octanol–water partition coefficient (Wildman–Crippen LogP) is 1.93. The molecular formula is C12H19ClN2O3S. The Labute approximate surface area is 119 Å². The maximum atomic E-state index is 12.3. The van der Waals surface area contributed by atoms with Crippen molar-refractivity contribution in [1.82, 2.24) is 4.72 Å². The van der Waals surface area contributed by atoms with Crippen molar-refractivity contribution in [3.05, 3.63) is 22.7 Å². The zero-order valence-corrected chi connectivity index (χ0v) is 12.8. The highest BCUT2D eigenvalue weighted by atomic mass is 35.5. The smallest absolute Gasteiger partial charge is 0.241 e. The van der Waals surface area contributed by atoms with Gasteiger partial charge in [-0.25, -0.2) is 13.1 Å². The average molecular weight is 307 g/mol. The molecule has 0 amide bonds. The molecule has 108 valence electrons. The van der Waals surface area contributed by atoms with Crippen LogP contribution in [-0.4, -0.2) is 28.2 Å². The van der Waals surface area contributed by atoms with Gasteiger partial charge in [0, 0.05) is 13.2 Å². The molecule has 1 unspecified atom stereocenters. The molecule has 5 nitrogen and oxygen atoms in total. The van der Waals surface area contributed by atoms with Gasteiger partial charge >= 0.3 is 0 Å². The van der Waals surface area contributed by atoms with Crippen LogP contribution < -0.4 is 10.5 Å². The van der Waals surface area contributed by atoms with Crippen LogP contribution in [0.15, 0.2) is 17.0 Å². The summed E-state index contributed by atoms with van der Waals surface area (Å²) in [6, 6.07) is 2.65. The summed E-state index contributed by atoms with van der Waals surface area (Å²) >= 11 is 5.86. The molecule has 0 aliphatic heterocycles. The minimum atomic E-state index is -3.63. The number of methoxy groups -OCH3 is 1. The minimum absolute atomic E-state index is 0.143. The monoisotopic (exact) mass is 306 g/mol. The molecule has 3 N–H and O–H groups in total. The van der Waals surface area contributed by atoms with E-state index < -0.39 is 10.0 Å². The molecule has 0 aliphatic carbocycles. The van der Waals surface area contributed by atoms with Gasteiger partial charge in [0.15, 0.2) is 0 Å². The van der Waals surface area contributed by atoms with Crippen LogP contribution in [-0.2, 0) is 14.8 Å². The Morgan fingerprint density at radius 1 is 1.47 bits per heavy atom. The Morgan fingerprint density at radius 3 is 2.63 bits per heavy atom. The van der Waals surface area contributed by atoms with Crippen molar-refractivity contribution >= 4 is 27.3 Å². The number of rotatable bonds is 6. The Balaban J connectivity index is 3.10. The fourth-order valence-corrected chi connectivity index (χ4v) is 3.46. The lowest BCUT2D eigenvalue weighted by Crippen LogP contribution is -2.37. The third-order valence-electron chi connectivity index (χ3n) is 2.77. The summed E-state index contributed by atoms with van der Waals surface area (Å²) in [6.45, 7) is 3.88. The lowest BCUT2D eigenvalue weighted by Gasteiger charge is -2.17. The predicted molar refractivity (Wildman–Crippen MR) is 76.9 cm³/mol. The number of hydrogen-bond acceptors (Lipinski definition) is 4. The second-order valence-electron chi connectivity index (χ2n) is 4.32. The molecule has 1 aromatic carbocycles. The average Bonchev–Trinajstić information content (AvgIpc) is 2.32. The maximum Gasteiger partial charge on any atom is 0.241 e. The third kappa shape index (κ3) is 4.07. The molecule has 1 aromatic rings. The highest BCUT2D eigenvalue weighted by Crippen LogP contribution is 2.26. The fraction of sp³-hybridized carbons (Fsp3) is 0.500. The van der Waals surface area contributed by atoms with Crippen molar-refractivity contribution in [3.8, 4) is 0 Å². The number of nitrogens with two attached hydrogens (primary N) is 1. The van der Waals surface area contributed by atoms with Gasteiger partial charge < -0.3 is 10.5 Å². The lowest BCUT2D eigenvalue weighted by molar-refractivity contribution is 0.173. The minimum Gasteiger partial charge on any atom is -0.397 e. The Hall–Kier alpha value is -0.820. The van der Waals surface area contributed by atoms with Crippen LogP contribution in [0, 0.1) is 6.92 Å². The summed E-state index contributed by atoms with van der Waals surface area (Å²) in [6.07, 6.45) is 0.634. The van der Waals surface area contributed by atoms with E-state index >= 15 is 0 Å². The molecule has 1 rings (SSSR count). The second kappa shape index (κ2) is 6.56. The zero-order valence-electron chi connectivity index (χ0n) is 11.2. The molecule has 19 heavy (non-hydrogen) atoms. The Morgan fingerprint density at radius 2 is 2.11 bits per heavy atom. The standard InChI is InChI=1S/C12H19ClN2O3S/c1-4-9(7-18-3)15-19(16,17)12-6-11(14)10(13)5-8(12)2/h5-6,9,15H,4,7,14H2,1-3H3. The quantitative estimate of drug-likeness (QED) is 0.787. The number of ether oxygens (including phenoxy) is 1. The van der Waals surface area contributed by atoms with E-state index in [0.717, 1.165) is 0 Å². The van der Waals surface area contributed by atoms with Crippen molar-refractivity contribution in [1.29, 1.82) is 0 Å². The van der Waals surface area contributed by atoms with E-state index in [1.807, 2.05) is 6.92 Å². The summed E-state index contributed by atoms with van der Waals surface area (Å²) in [4.78, 5) is 0.143. The van der Waals surface area contributed by atoms with Crippen molar-refractivity contribution in [2.75, 3.05) is 19.5 Å². The van der Waals surface area contributed by atoms with Gasteiger partial charge in [-0.15, -0.1) is 0 Å². The van der Waals surface area contributed by atoms with E-state index in [-0.39, 0.29) is 16.6 Å². The normalized spacial score (nSPS) is 13.5. The molecule has 0 aromatic heterocycles. The number of benzene rings is 1. The number of nitrogens with one attached hydrogen (secondary N) is 1. The number of halogens is 1. The fourth-order valence-electron chi connectivity index (χ4n) is 1.68. The molecule has 0 heterocycles. The number of hydrogen-bond donors (Lipinski definition) is 2. The van der Waals surface area contributed by atoms with Crippen LogP contribution in [0.2, 0.25) is 5.02 Å². The van der Waals surface area contributed by atoms with Crippen LogP contribution in [0.5, 0.6) is 0 Å². The molecular weight excluding hydrogens is 288 g/mol. The topological polar surface area (TPSA) is 81.4 Å². The van der Waals surface area contributed by atoms with Crippen LogP contribution in [0.4, 0.5) is 5.69 Å². The summed E-state index contributed by atoms with van der Waals surface area (Å²) in [5.74, 6) is 0. The summed E-state index contributed by atoms with van der Waals surface area (Å²) < 4.78 is 32.2. The third-order valence-corrected chi connectivity index (χ3v) is 4.76.